The van der Waals surface area contributed by atoms with Crippen LogP contribution in [0, 0.1) is 35.5 Å². The molecule has 4 rings (SSSR count). The molecule has 0 amide bonds. The lowest BCUT2D eigenvalue weighted by molar-refractivity contribution is 0.345. The zero-order valence-corrected chi connectivity index (χ0v) is 44.5. The van der Waals surface area contributed by atoms with Gasteiger partial charge in [0.15, 0.2) is 0 Å². The first-order valence-corrected chi connectivity index (χ1v) is 24.3. The Labute approximate surface area is 386 Å². The molecule has 4 aromatic carbocycles. The van der Waals surface area contributed by atoms with E-state index in [1.165, 1.54) is 16.7 Å². The van der Waals surface area contributed by atoms with Crippen LogP contribution in [0.3, 0.4) is 0 Å². The van der Waals surface area contributed by atoms with Crippen molar-refractivity contribution in [1.29, 1.82) is 0 Å². The summed E-state index contributed by atoms with van der Waals surface area (Å²) in [7, 11) is 0. The Morgan fingerprint density at radius 1 is 0.286 bits per heavy atom. The van der Waals surface area contributed by atoms with Crippen LogP contribution in [0.15, 0.2) is 54.6 Å². The summed E-state index contributed by atoms with van der Waals surface area (Å²) in [5, 5.41) is 37.5. The Balaban J connectivity index is 2.72. The molecule has 0 fully saturated rings. The molecule has 0 spiro atoms. The SMILES string of the molecule is CC(C)C(C)(C)c1ccc(O)c(C(C)(C)C(C)C)c1-c1cccc(-c2c(C(C)(C)C(C)C)ccc(O)c2C(C)(C)C(C)C)c1-c1c(C(C)(C)C(C)C)ccc(O)c1C(C)(C)C(C)C. The van der Waals surface area contributed by atoms with Crippen molar-refractivity contribution < 1.29 is 15.3 Å². The van der Waals surface area contributed by atoms with Crippen molar-refractivity contribution in [3.63, 3.8) is 0 Å². The third kappa shape index (κ3) is 8.75. The molecule has 3 heteroatoms. The smallest absolute Gasteiger partial charge is 0.119 e. The highest BCUT2D eigenvalue weighted by atomic mass is 16.3. The van der Waals surface area contributed by atoms with Crippen LogP contribution in [0.4, 0.5) is 0 Å². The van der Waals surface area contributed by atoms with Gasteiger partial charge in [0, 0.05) is 16.7 Å². The Morgan fingerprint density at radius 2 is 0.508 bits per heavy atom. The first-order valence-electron chi connectivity index (χ1n) is 24.3. The highest BCUT2D eigenvalue weighted by Crippen LogP contribution is 2.59. The number of rotatable bonds is 15. The van der Waals surface area contributed by atoms with Crippen LogP contribution in [0.1, 0.15) is 200 Å². The van der Waals surface area contributed by atoms with Gasteiger partial charge in [0.1, 0.15) is 17.2 Å². The zero-order chi connectivity index (χ0) is 48.5. The molecule has 0 aliphatic heterocycles. The fraction of sp³-hybridized carbons (Fsp3) is 0.600. The van der Waals surface area contributed by atoms with E-state index in [1.807, 2.05) is 18.2 Å². The van der Waals surface area contributed by atoms with Crippen molar-refractivity contribution in [3.05, 3.63) is 88.0 Å². The van der Waals surface area contributed by atoms with Crippen LogP contribution in [0.5, 0.6) is 17.2 Å². The summed E-state index contributed by atoms with van der Waals surface area (Å²) in [6.45, 7) is 55.2. The minimum atomic E-state index is -0.468. The van der Waals surface area contributed by atoms with E-state index in [0.717, 1.165) is 50.1 Å². The van der Waals surface area contributed by atoms with E-state index >= 15 is 0 Å². The second-order valence-corrected chi connectivity index (χ2v) is 24.6. The lowest BCUT2D eigenvalue weighted by Gasteiger charge is -2.42. The molecule has 63 heavy (non-hydrogen) atoms. The van der Waals surface area contributed by atoms with Crippen LogP contribution in [-0.2, 0) is 32.5 Å². The van der Waals surface area contributed by atoms with Gasteiger partial charge in [-0.15, -0.1) is 0 Å². The zero-order valence-electron chi connectivity index (χ0n) is 44.5. The summed E-state index contributed by atoms with van der Waals surface area (Å²) in [5.74, 6) is 2.25. The first-order chi connectivity index (χ1) is 28.6. The predicted octanol–water partition coefficient (Wildman–Crippen LogP) is 17.4. The maximum Gasteiger partial charge on any atom is 0.119 e. The van der Waals surface area contributed by atoms with Crippen LogP contribution < -0.4 is 0 Å². The van der Waals surface area contributed by atoms with Gasteiger partial charge in [-0.2, -0.15) is 0 Å². The Hall–Kier alpha value is -3.72. The van der Waals surface area contributed by atoms with Crippen molar-refractivity contribution in [2.24, 2.45) is 35.5 Å². The number of benzene rings is 4. The highest BCUT2D eigenvalue weighted by molar-refractivity contribution is 6.01. The third-order valence-corrected chi connectivity index (χ3v) is 18.1. The van der Waals surface area contributed by atoms with Gasteiger partial charge in [-0.1, -0.05) is 203 Å². The average molecular weight is 859 g/mol. The minimum Gasteiger partial charge on any atom is -0.508 e. The lowest BCUT2D eigenvalue weighted by Crippen LogP contribution is -2.31. The van der Waals surface area contributed by atoms with Gasteiger partial charge in [-0.05, 0) is 136 Å². The number of aromatic hydroxyl groups is 3. The van der Waals surface area contributed by atoms with Crippen molar-refractivity contribution >= 4 is 0 Å². The topological polar surface area (TPSA) is 60.7 Å². The van der Waals surface area contributed by atoms with Gasteiger partial charge in [0.2, 0.25) is 0 Å². The fourth-order valence-corrected chi connectivity index (χ4v) is 9.20. The van der Waals surface area contributed by atoms with Gasteiger partial charge in [-0.3, -0.25) is 0 Å². The van der Waals surface area contributed by atoms with Crippen molar-refractivity contribution in [3.8, 4) is 50.6 Å². The molecule has 0 saturated carbocycles. The molecule has 3 N–H and O–H groups in total. The highest BCUT2D eigenvalue weighted by Gasteiger charge is 2.43. The number of hydrogen-bond donors (Lipinski definition) is 3. The fourth-order valence-electron chi connectivity index (χ4n) is 9.20. The molecule has 3 nitrogen and oxygen atoms in total. The molecule has 0 radical (unpaired) electrons. The molecule has 0 aliphatic carbocycles. The van der Waals surface area contributed by atoms with Crippen molar-refractivity contribution in [1.82, 2.24) is 0 Å². The Morgan fingerprint density at radius 3 is 0.746 bits per heavy atom. The van der Waals surface area contributed by atoms with E-state index in [4.69, 9.17) is 0 Å². The van der Waals surface area contributed by atoms with Crippen LogP contribution in [0.25, 0.3) is 33.4 Å². The van der Waals surface area contributed by atoms with Gasteiger partial charge < -0.3 is 15.3 Å². The molecule has 0 bridgehead atoms. The molecule has 348 valence electrons. The molecular formula is C60H90O3. The van der Waals surface area contributed by atoms with E-state index in [0.29, 0.717) is 11.5 Å². The quantitative estimate of drug-likeness (QED) is 0.112. The summed E-state index contributed by atoms with van der Waals surface area (Å²) in [6.07, 6.45) is 0. The normalized spacial score (nSPS) is 13.8. The standard InChI is InChI=1S/C60H90O3/c1-34(2)55(13,14)42-28-31-45(61)52(58(19,20)37(7)8)49(42)40-26-25-27-41(50-43(56(15,16)35(3)4)29-32-46(62)53(50)59(21,22)38(9)10)48(40)51-44(57(17,18)36(5)6)30-33-47(63)54(51)60(23,24)39(11)12/h25-39,61-63H,1-24H3. The third-order valence-electron chi connectivity index (χ3n) is 18.1. The largest absolute Gasteiger partial charge is 0.508 e. The summed E-state index contributed by atoms with van der Waals surface area (Å²) in [4.78, 5) is 0. The monoisotopic (exact) mass is 859 g/mol. The van der Waals surface area contributed by atoms with Gasteiger partial charge in [0.25, 0.3) is 0 Å². The van der Waals surface area contributed by atoms with Gasteiger partial charge >= 0.3 is 0 Å². The molecule has 0 heterocycles. The first kappa shape index (κ1) is 51.9. The summed E-state index contributed by atoms with van der Waals surface area (Å²) >= 11 is 0. The molecule has 4 aromatic rings. The predicted molar refractivity (Wildman–Crippen MR) is 275 cm³/mol. The van der Waals surface area contributed by atoms with Crippen LogP contribution in [0.2, 0.25) is 0 Å². The van der Waals surface area contributed by atoms with Crippen molar-refractivity contribution in [2.75, 3.05) is 0 Å². The number of phenolic OH excluding ortho intramolecular Hbond substituents is 3. The van der Waals surface area contributed by atoms with E-state index in [1.54, 1.807) is 0 Å². The van der Waals surface area contributed by atoms with Gasteiger partial charge in [0.05, 0.1) is 0 Å². The molecule has 0 atom stereocenters. The van der Waals surface area contributed by atoms with E-state index in [9.17, 15) is 15.3 Å². The minimum absolute atomic E-state index is 0.174. The summed E-state index contributed by atoms with van der Waals surface area (Å²) in [5.41, 5.74) is 10.4. The summed E-state index contributed by atoms with van der Waals surface area (Å²) < 4.78 is 0. The van der Waals surface area contributed by atoms with Crippen LogP contribution >= 0.6 is 0 Å². The lowest BCUT2D eigenvalue weighted by atomic mass is 9.62. The van der Waals surface area contributed by atoms with Crippen LogP contribution in [-0.4, -0.2) is 15.3 Å². The Bertz CT molecular complexity index is 2170. The summed E-state index contributed by atoms with van der Waals surface area (Å²) in [6, 6.07) is 19.1. The Kier molecular flexibility index (Phi) is 14.5. The maximum absolute atomic E-state index is 12.6. The molecular weight excluding hydrogens is 769 g/mol. The van der Waals surface area contributed by atoms with E-state index in [2.05, 4.69) is 203 Å². The van der Waals surface area contributed by atoms with E-state index < -0.39 is 16.2 Å². The number of phenols is 3. The average Bonchev–Trinajstić information content (AvgIpc) is 3.15. The molecule has 0 unspecified atom stereocenters. The molecule has 0 aliphatic rings. The number of hydrogen-bond acceptors (Lipinski definition) is 3. The van der Waals surface area contributed by atoms with E-state index in [-0.39, 0.29) is 57.5 Å². The molecule has 0 saturated heterocycles. The van der Waals surface area contributed by atoms with Crippen molar-refractivity contribution in [2.45, 2.75) is 199 Å². The second-order valence-electron chi connectivity index (χ2n) is 24.6. The second kappa shape index (κ2) is 17.6. The van der Waals surface area contributed by atoms with Gasteiger partial charge in [-0.25, -0.2) is 0 Å². The molecule has 0 aromatic heterocycles. The maximum atomic E-state index is 12.6.